The van der Waals surface area contributed by atoms with Crippen LogP contribution in [0.25, 0.3) is 0 Å². The fourth-order valence-electron chi connectivity index (χ4n) is 1.53. The van der Waals surface area contributed by atoms with E-state index in [2.05, 4.69) is 4.72 Å². The molecule has 110 valence electrons. The lowest BCUT2D eigenvalue weighted by atomic mass is 10.3. The highest BCUT2D eigenvalue weighted by molar-refractivity contribution is 7.93. The number of carboxylic acid groups (broad SMARTS) is 1. The van der Waals surface area contributed by atoms with Crippen LogP contribution < -0.4 is 4.72 Å². The van der Waals surface area contributed by atoms with Gasteiger partial charge in [0.2, 0.25) is 0 Å². The lowest BCUT2D eigenvalue weighted by Crippen LogP contribution is -2.13. The number of aromatic carboxylic acids is 1. The topological polar surface area (TPSA) is 127 Å². The standard InChI is InChI=1S/C11H8N2O6S2/c14-11(15)8-5-6-10(20-8)12-21(18,19)9-4-2-1-3-7(9)13(16)17/h1-6,12H,(H,14,15). The van der Waals surface area contributed by atoms with E-state index < -0.39 is 31.5 Å². The van der Waals surface area contributed by atoms with E-state index in [1.165, 1.54) is 24.3 Å². The third-order valence-electron chi connectivity index (χ3n) is 2.40. The Bertz CT molecular complexity index is 812. The van der Waals surface area contributed by atoms with Crippen LogP contribution in [0.3, 0.4) is 0 Å². The number of nitro benzene ring substituents is 1. The second-order valence-electron chi connectivity index (χ2n) is 3.80. The molecule has 0 saturated carbocycles. The number of rotatable bonds is 5. The molecule has 0 fully saturated rings. The number of thiophene rings is 1. The molecule has 1 heterocycles. The Hall–Kier alpha value is -2.46. The van der Waals surface area contributed by atoms with E-state index in [1.807, 2.05) is 0 Å². The molecule has 0 aliphatic heterocycles. The van der Waals surface area contributed by atoms with Crippen molar-refractivity contribution in [2.24, 2.45) is 0 Å². The molecule has 2 N–H and O–H groups in total. The predicted molar refractivity (Wildman–Crippen MR) is 75.2 cm³/mol. The van der Waals surface area contributed by atoms with Gasteiger partial charge in [-0.25, -0.2) is 13.2 Å². The number of benzene rings is 1. The van der Waals surface area contributed by atoms with E-state index in [4.69, 9.17) is 5.11 Å². The molecule has 0 atom stereocenters. The molecule has 1 aromatic carbocycles. The predicted octanol–water partition coefficient (Wildman–Crippen LogP) is 2.16. The molecule has 0 radical (unpaired) electrons. The SMILES string of the molecule is O=C(O)c1ccc(NS(=O)(=O)c2ccccc2[N+](=O)[O-])s1. The number of nitro groups is 1. The van der Waals surface area contributed by atoms with E-state index in [-0.39, 0.29) is 9.88 Å². The summed E-state index contributed by atoms with van der Waals surface area (Å²) in [5.41, 5.74) is -0.556. The number of nitrogens with one attached hydrogen (secondary N) is 1. The minimum atomic E-state index is -4.18. The summed E-state index contributed by atoms with van der Waals surface area (Å²) in [5, 5.41) is 19.7. The first-order valence-electron chi connectivity index (χ1n) is 5.40. The summed E-state index contributed by atoms with van der Waals surface area (Å²) in [6.45, 7) is 0. The van der Waals surface area contributed by atoms with Crippen molar-refractivity contribution in [3.05, 3.63) is 51.4 Å². The van der Waals surface area contributed by atoms with Gasteiger partial charge in [0.25, 0.3) is 15.7 Å². The summed E-state index contributed by atoms with van der Waals surface area (Å²) in [6, 6.07) is 7.41. The quantitative estimate of drug-likeness (QED) is 0.639. The van der Waals surface area contributed by atoms with Gasteiger partial charge in [-0.1, -0.05) is 12.1 Å². The van der Waals surface area contributed by atoms with Crippen LogP contribution in [0.4, 0.5) is 10.7 Å². The number of carboxylic acids is 1. The number of nitrogens with zero attached hydrogens (tertiary/aromatic N) is 1. The molecule has 10 heteroatoms. The summed E-state index contributed by atoms with van der Waals surface area (Å²) in [5.74, 6) is -1.18. The van der Waals surface area contributed by atoms with E-state index in [0.29, 0.717) is 0 Å². The van der Waals surface area contributed by atoms with E-state index >= 15 is 0 Å². The maximum Gasteiger partial charge on any atom is 0.345 e. The van der Waals surface area contributed by atoms with Crippen LogP contribution in [0.1, 0.15) is 9.67 Å². The van der Waals surface area contributed by atoms with Crippen molar-refractivity contribution < 1.29 is 23.2 Å². The lowest BCUT2D eigenvalue weighted by molar-refractivity contribution is -0.387. The number of hydrogen-bond donors (Lipinski definition) is 2. The largest absolute Gasteiger partial charge is 0.477 e. The number of anilines is 1. The molecule has 0 aliphatic carbocycles. The minimum Gasteiger partial charge on any atom is -0.477 e. The summed E-state index contributed by atoms with van der Waals surface area (Å²) in [6.07, 6.45) is 0. The zero-order valence-electron chi connectivity index (χ0n) is 10.2. The summed E-state index contributed by atoms with van der Waals surface area (Å²) < 4.78 is 26.4. The summed E-state index contributed by atoms with van der Waals surface area (Å²) in [4.78, 5) is 20.3. The highest BCUT2D eigenvalue weighted by atomic mass is 32.2. The van der Waals surface area contributed by atoms with Gasteiger partial charge in [-0.05, 0) is 18.2 Å². The van der Waals surface area contributed by atoms with Crippen LogP contribution in [0.15, 0.2) is 41.3 Å². The van der Waals surface area contributed by atoms with Crippen molar-refractivity contribution in [3.63, 3.8) is 0 Å². The first-order chi connectivity index (χ1) is 9.81. The number of para-hydroxylation sites is 1. The normalized spacial score (nSPS) is 11.0. The zero-order valence-corrected chi connectivity index (χ0v) is 11.8. The average molecular weight is 328 g/mol. The van der Waals surface area contributed by atoms with Crippen LogP contribution in [0.2, 0.25) is 0 Å². The number of carbonyl (C=O) groups is 1. The van der Waals surface area contributed by atoms with Gasteiger partial charge in [0.15, 0.2) is 4.90 Å². The Morgan fingerprint density at radius 1 is 1.24 bits per heavy atom. The number of hydrogen-bond acceptors (Lipinski definition) is 6. The summed E-state index contributed by atoms with van der Waals surface area (Å²) >= 11 is 0.717. The van der Waals surface area contributed by atoms with Gasteiger partial charge in [0, 0.05) is 6.07 Å². The first-order valence-corrected chi connectivity index (χ1v) is 7.70. The molecule has 0 spiro atoms. The molecule has 1 aromatic heterocycles. The van der Waals surface area contributed by atoms with Gasteiger partial charge < -0.3 is 5.11 Å². The Balaban J connectivity index is 2.38. The van der Waals surface area contributed by atoms with Crippen molar-refractivity contribution in [1.82, 2.24) is 0 Å². The van der Waals surface area contributed by atoms with Gasteiger partial charge in [0.1, 0.15) is 9.88 Å². The maximum atomic E-state index is 12.1. The fourth-order valence-corrected chi connectivity index (χ4v) is 3.74. The van der Waals surface area contributed by atoms with E-state index in [9.17, 15) is 23.3 Å². The minimum absolute atomic E-state index is 0.0461. The second kappa shape index (κ2) is 5.50. The molecule has 8 nitrogen and oxygen atoms in total. The third-order valence-corrected chi connectivity index (χ3v) is 4.93. The Morgan fingerprint density at radius 2 is 1.90 bits per heavy atom. The molecule has 0 bridgehead atoms. The van der Waals surface area contributed by atoms with Gasteiger partial charge >= 0.3 is 5.97 Å². The fraction of sp³-hybridized carbons (Fsp3) is 0. The van der Waals surface area contributed by atoms with E-state index in [1.54, 1.807) is 0 Å². The molecular weight excluding hydrogens is 320 g/mol. The molecular formula is C11H8N2O6S2. The van der Waals surface area contributed by atoms with Crippen molar-refractivity contribution in [2.45, 2.75) is 4.90 Å². The number of sulfonamides is 1. The Kier molecular flexibility index (Phi) is 3.91. The first kappa shape index (κ1) is 14.9. The van der Waals surface area contributed by atoms with Crippen molar-refractivity contribution in [1.29, 1.82) is 0 Å². The van der Waals surface area contributed by atoms with Crippen molar-refractivity contribution in [2.75, 3.05) is 4.72 Å². The Morgan fingerprint density at radius 3 is 2.48 bits per heavy atom. The van der Waals surface area contributed by atoms with E-state index in [0.717, 1.165) is 23.5 Å². The average Bonchev–Trinajstić information content (AvgIpc) is 2.86. The lowest BCUT2D eigenvalue weighted by Gasteiger charge is -2.06. The molecule has 0 saturated heterocycles. The van der Waals surface area contributed by atoms with Crippen molar-refractivity contribution >= 4 is 38.0 Å². The van der Waals surface area contributed by atoms with Crippen LogP contribution >= 0.6 is 11.3 Å². The molecule has 2 rings (SSSR count). The summed E-state index contributed by atoms with van der Waals surface area (Å²) in [7, 11) is -4.18. The van der Waals surface area contributed by atoms with Gasteiger partial charge in [-0.15, -0.1) is 11.3 Å². The van der Waals surface area contributed by atoms with Gasteiger partial charge in [-0.3, -0.25) is 14.8 Å². The van der Waals surface area contributed by atoms with Gasteiger partial charge in [-0.2, -0.15) is 0 Å². The maximum absolute atomic E-state index is 12.1. The van der Waals surface area contributed by atoms with Crippen LogP contribution in [0, 0.1) is 10.1 Å². The molecule has 2 aromatic rings. The van der Waals surface area contributed by atoms with Crippen molar-refractivity contribution in [3.8, 4) is 0 Å². The molecule has 0 aliphatic rings. The zero-order chi connectivity index (χ0) is 15.6. The van der Waals surface area contributed by atoms with Crippen LogP contribution in [-0.2, 0) is 10.0 Å². The molecule has 0 amide bonds. The third kappa shape index (κ3) is 3.17. The van der Waals surface area contributed by atoms with Crippen LogP contribution in [0.5, 0.6) is 0 Å². The van der Waals surface area contributed by atoms with Gasteiger partial charge in [0.05, 0.1) is 4.92 Å². The highest BCUT2D eigenvalue weighted by Crippen LogP contribution is 2.28. The highest BCUT2D eigenvalue weighted by Gasteiger charge is 2.25. The second-order valence-corrected chi connectivity index (χ2v) is 6.53. The Labute approximate surface area is 122 Å². The molecule has 21 heavy (non-hydrogen) atoms. The van der Waals surface area contributed by atoms with Crippen LogP contribution in [-0.4, -0.2) is 24.4 Å². The monoisotopic (exact) mass is 328 g/mol. The molecule has 0 unspecified atom stereocenters. The smallest absolute Gasteiger partial charge is 0.345 e.